The molecule has 1 N–H and O–H groups in total. The molecule has 0 bridgehead atoms. The van der Waals surface area contributed by atoms with Gasteiger partial charge in [-0.15, -0.1) is 0 Å². The van der Waals surface area contributed by atoms with Gasteiger partial charge in [0, 0.05) is 28.6 Å². The Morgan fingerprint density at radius 2 is 2.22 bits per heavy atom. The Bertz CT molecular complexity index is 679. The van der Waals surface area contributed by atoms with Crippen molar-refractivity contribution in [2.75, 3.05) is 6.61 Å². The summed E-state index contributed by atoms with van der Waals surface area (Å²) >= 11 is 3.47. The molecule has 23 heavy (non-hydrogen) atoms. The first kappa shape index (κ1) is 17.7. The maximum absolute atomic E-state index is 11.7. The Hall–Kier alpha value is -1.60. The monoisotopic (exact) mass is 383 g/mol. The lowest BCUT2D eigenvalue weighted by molar-refractivity contribution is 0.0442. The SMILES string of the molecule is C[C@H](COCc1cc(Br)cn2ccnc12)NC(=O)OC(C)(C)C. The number of hydrogen-bond acceptors (Lipinski definition) is 4. The fourth-order valence-electron chi connectivity index (χ4n) is 2.07. The number of nitrogens with one attached hydrogen (secondary N) is 1. The minimum absolute atomic E-state index is 0.146. The molecule has 126 valence electrons. The second-order valence-electron chi connectivity index (χ2n) is 6.40. The highest BCUT2D eigenvalue weighted by Crippen LogP contribution is 2.17. The summed E-state index contributed by atoms with van der Waals surface area (Å²) in [6.07, 6.45) is 5.14. The second-order valence-corrected chi connectivity index (χ2v) is 7.32. The van der Waals surface area contributed by atoms with Gasteiger partial charge in [-0.3, -0.25) is 0 Å². The number of pyridine rings is 1. The van der Waals surface area contributed by atoms with Crippen molar-refractivity contribution in [1.82, 2.24) is 14.7 Å². The summed E-state index contributed by atoms with van der Waals surface area (Å²) in [6, 6.07) is 1.83. The number of fused-ring (bicyclic) bond motifs is 1. The van der Waals surface area contributed by atoms with Crippen LogP contribution in [0.15, 0.2) is 29.1 Å². The predicted molar refractivity (Wildman–Crippen MR) is 91.4 cm³/mol. The van der Waals surface area contributed by atoms with Crippen LogP contribution in [0.4, 0.5) is 4.79 Å². The van der Waals surface area contributed by atoms with Gasteiger partial charge in [0.2, 0.25) is 0 Å². The van der Waals surface area contributed by atoms with E-state index in [9.17, 15) is 4.79 Å². The van der Waals surface area contributed by atoms with Crippen molar-refractivity contribution < 1.29 is 14.3 Å². The van der Waals surface area contributed by atoms with Gasteiger partial charge in [0.25, 0.3) is 0 Å². The Morgan fingerprint density at radius 1 is 1.48 bits per heavy atom. The molecule has 0 aromatic carbocycles. The van der Waals surface area contributed by atoms with Gasteiger partial charge in [0.05, 0.1) is 19.3 Å². The van der Waals surface area contributed by atoms with Crippen LogP contribution in [0.3, 0.4) is 0 Å². The fourth-order valence-corrected chi connectivity index (χ4v) is 2.57. The Kier molecular flexibility index (Phi) is 5.64. The van der Waals surface area contributed by atoms with Crippen LogP contribution in [0.1, 0.15) is 33.3 Å². The smallest absolute Gasteiger partial charge is 0.407 e. The number of halogens is 1. The van der Waals surface area contributed by atoms with E-state index in [1.165, 1.54) is 0 Å². The van der Waals surface area contributed by atoms with E-state index in [0.717, 1.165) is 15.7 Å². The topological polar surface area (TPSA) is 64.9 Å². The van der Waals surface area contributed by atoms with Crippen LogP contribution in [-0.4, -0.2) is 33.7 Å². The summed E-state index contributed by atoms with van der Waals surface area (Å²) in [5.74, 6) is 0. The van der Waals surface area contributed by atoms with E-state index in [0.29, 0.717) is 13.2 Å². The molecule has 0 radical (unpaired) electrons. The third-order valence-corrected chi connectivity index (χ3v) is 3.35. The summed E-state index contributed by atoms with van der Waals surface area (Å²) in [7, 11) is 0. The first-order valence-electron chi connectivity index (χ1n) is 7.43. The van der Waals surface area contributed by atoms with E-state index in [2.05, 4.69) is 26.2 Å². The molecule has 2 rings (SSSR count). The highest BCUT2D eigenvalue weighted by Gasteiger charge is 2.17. The average molecular weight is 384 g/mol. The Labute approximate surface area is 144 Å². The number of rotatable bonds is 5. The molecule has 0 aliphatic rings. The number of ether oxygens (including phenoxy) is 2. The lowest BCUT2D eigenvalue weighted by atomic mass is 10.2. The molecule has 0 saturated heterocycles. The zero-order chi connectivity index (χ0) is 17.0. The van der Waals surface area contributed by atoms with Gasteiger partial charge in [-0.25, -0.2) is 9.78 Å². The van der Waals surface area contributed by atoms with Crippen LogP contribution < -0.4 is 5.32 Å². The zero-order valence-corrected chi connectivity index (χ0v) is 15.4. The molecule has 6 nitrogen and oxygen atoms in total. The van der Waals surface area contributed by atoms with Crippen molar-refractivity contribution in [3.8, 4) is 0 Å². The maximum Gasteiger partial charge on any atom is 0.407 e. The minimum atomic E-state index is -0.507. The number of amides is 1. The zero-order valence-electron chi connectivity index (χ0n) is 13.8. The Morgan fingerprint density at radius 3 is 2.91 bits per heavy atom. The van der Waals surface area contributed by atoms with Crippen LogP contribution in [0.2, 0.25) is 0 Å². The van der Waals surface area contributed by atoms with Gasteiger partial charge in [0.15, 0.2) is 0 Å². The van der Waals surface area contributed by atoms with E-state index in [1.54, 1.807) is 6.20 Å². The summed E-state index contributed by atoms with van der Waals surface area (Å²) in [5.41, 5.74) is 1.34. The molecule has 0 aliphatic heterocycles. The summed E-state index contributed by atoms with van der Waals surface area (Å²) < 4.78 is 13.8. The maximum atomic E-state index is 11.7. The second kappa shape index (κ2) is 7.31. The quantitative estimate of drug-likeness (QED) is 0.857. The molecule has 2 heterocycles. The van der Waals surface area contributed by atoms with Crippen LogP contribution in [-0.2, 0) is 16.1 Å². The number of alkyl carbamates (subject to hydrolysis) is 1. The van der Waals surface area contributed by atoms with E-state index in [-0.39, 0.29) is 6.04 Å². The normalized spacial score (nSPS) is 13.1. The molecule has 1 atom stereocenters. The number of imidazole rings is 1. The first-order valence-corrected chi connectivity index (χ1v) is 8.22. The van der Waals surface area contributed by atoms with Crippen molar-refractivity contribution in [3.05, 3.63) is 34.7 Å². The first-order chi connectivity index (χ1) is 10.7. The highest BCUT2D eigenvalue weighted by molar-refractivity contribution is 9.10. The van der Waals surface area contributed by atoms with Crippen molar-refractivity contribution in [1.29, 1.82) is 0 Å². The standard InChI is InChI=1S/C16H22BrN3O3/c1-11(19-15(21)23-16(2,3)4)9-22-10-12-7-13(17)8-20-6-5-18-14(12)20/h5-8,11H,9-10H2,1-4H3,(H,19,21)/t11-/m1/s1. The number of carbonyl (C=O) groups excluding carboxylic acids is 1. The average Bonchev–Trinajstić information content (AvgIpc) is 2.83. The third kappa shape index (κ3) is 5.51. The van der Waals surface area contributed by atoms with Crippen molar-refractivity contribution in [2.45, 2.75) is 45.9 Å². The van der Waals surface area contributed by atoms with Gasteiger partial charge in [-0.1, -0.05) is 0 Å². The molecule has 0 fully saturated rings. The molecular formula is C16H22BrN3O3. The van der Waals surface area contributed by atoms with E-state index in [1.807, 2.05) is 50.6 Å². The van der Waals surface area contributed by atoms with Crippen LogP contribution in [0.5, 0.6) is 0 Å². The van der Waals surface area contributed by atoms with Crippen molar-refractivity contribution in [3.63, 3.8) is 0 Å². The van der Waals surface area contributed by atoms with E-state index in [4.69, 9.17) is 9.47 Å². The number of hydrogen-bond donors (Lipinski definition) is 1. The van der Waals surface area contributed by atoms with Crippen molar-refractivity contribution >= 4 is 27.7 Å². The van der Waals surface area contributed by atoms with Gasteiger partial charge < -0.3 is 19.2 Å². The highest BCUT2D eigenvalue weighted by atomic mass is 79.9. The summed E-state index contributed by atoms with van der Waals surface area (Å²) in [5, 5.41) is 2.75. The van der Waals surface area contributed by atoms with E-state index >= 15 is 0 Å². The minimum Gasteiger partial charge on any atom is -0.444 e. The van der Waals surface area contributed by atoms with Gasteiger partial charge in [0.1, 0.15) is 11.2 Å². The number of carbonyl (C=O) groups is 1. The number of nitrogens with zero attached hydrogens (tertiary/aromatic N) is 2. The fraction of sp³-hybridized carbons (Fsp3) is 0.500. The van der Waals surface area contributed by atoms with Gasteiger partial charge in [-0.2, -0.15) is 0 Å². The molecule has 0 spiro atoms. The lowest BCUT2D eigenvalue weighted by Gasteiger charge is -2.22. The summed E-state index contributed by atoms with van der Waals surface area (Å²) in [6.45, 7) is 8.17. The molecule has 2 aromatic rings. The molecule has 1 amide bonds. The number of aromatic nitrogens is 2. The van der Waals surface area contributed by atoms with Crippen LogP contribution in [0, 0.1) is 0 Å². The third-order valence-electron chi connectivity index (χ3n) is 2.92. The molecule has 2 aromatic heterocycles. The van der Waals surface area contributed by atoms with Crippen LogP contribution >= 0.6 is 15.9 Å². The largest absolute Gasteiger partial charge is 0.444 e. The molecular weight excluding hydrogens is 362 g/mol. The summed E-state index contributed by atoms with van der Waals surface area (Å²) in [4.78, 5) is 16.0. The van der Waals surface area contributed by atoms with Crippen LogP contribution in [0.25, 0.3) is 5.65 Å². The molecule has 0 saturated carbocycles. The molecule has 0 unspecified atom stereocenters. The molecule has 7 heteroatoms. The van der Waals surface area contributed by atoms with Gasteiger partial charge >= 0.3 is 6.09 Å². The lowest BCUT2D eigenvalue weighted by Crippen LogP contribution is -2.39. The van der Waals surface area contributed by atoms with Crippen molar-refractivity contribution in [2.24, 2.45) is 0 Å². The van der Waals surface area contributed by atoms with Gasteiger partial charge in [-0.05, 0) is 49.7 Å². The predicted octanol–water partition coefficient (Wildman–Crippen LogP) is 3.53. The molecule has 0 aliphatic carbocycles. The Balaban J connectivity index is 1.84. The van der Waals surface area contributed by atoms with E-state index < -0.39 is 11.7 Å².